The summed E-state index contributed by atoms with van der Waals surface area (Å²) in [6, 6.07) is 12.7. The van der Waals surface area contributed by atoms with Gasteiger partial charge in [-0.05, 0) is 52.4 Å². The van der Waals surface area contributed by atoms with Crippen molar-refractivity contribution in [3.8, 4) is 0 Å². The van der Waals surface area contributed by atoms with Gasteiger partial charge < -0.3 is 10.1 Å². The molecule has 188 valence electrons. The summed E-state index contributed by atoms with van der Waals surface area (Å²) < 4.78 is 5.30. The third-order valence-electron chi connectivity index (χ3n) is 10.6. The molecule has 0 spiro atoms. The van der Waals surface area contributed by atoms with E-state index in [4.69, 9.17) is 4.74 Å². The second-order valence-corrected chi connectivity index (χ2v) is 12.9. The number of carbonyl (C=O) groups excluding carboxylic acids is 2. The maximum atomic E-state index is 13.8. The fourth-order valence-corrected chi connectivity index (χ4v) is 7.97. The molecule has 36 heavy (non-hydrogen) atoms. The molecule has 0 amide bonds. The van der Waals surface area contributed by atoms with Crippen molar-refractivity contribution in [1.82, 2.24) is 0 Å². The van der Waals surface area contributed by atoms with Gasteiger partial charge in [-0.15, -0.1) is 0 Å². The molecule has 0 unspecified atom stereocenters. The van der Waals surface area contributed by atoms with Gasteiger partial charge in [0.2, 0.25) is 0 Å². The Morgan fingerprint density at radius 1 is 1.08 bits per heavy atom. The summed E-state index contributed by atoms with van der Waals surface area (Å²) in [6.45, 7) is 11.3. The monoisotopic (exact) mass is 483 g/mol. The number of Topliss-reactive ketones (excluding diaryl/α,β-unsaturated/α-hetero) is 1. The molecular formula is C32H37NO3. The predicted molar refractivity (Wildman–Crippen MR) is 144 cm³/mol. The number of benzene rings is 2. The molecule has 1 heterocycles. The van der Waals surface area contributed by atoms with E-state index >= 15 is 0 Å². The van der Waals surface area contributed by atoms with Crippen LogP contribution in [0.4, 0.5) is 5.69 Å². The number of methoxy groups -OCH3 is 1. The molecule has 3 aliphatic carbocycles. The van der Waals surface area contributed by atoms with Crippen LogP contribution in [0.1, 0.15) is 71.8 Å². The highest BCUT2D eigenvalue weighted by molar-refractivity contribution is 6.06. The first-order valence-electron chi connectivity index (χ1n) is 13.3. The van der Waals surface area contributed by atoms with Crippen LogP contribution in [0.3, 0.4) is 0 Å². The van der Waals surface area contributed by atoms with E-state index in [2.05, 4.69) is 62.5 Å². The minimum absolute atomic E-state index is 0.135. The van der Waals surface area contributed by atoms with Gasteiger partial charge in [0.15, 0.2) is 5.78 Å². The number of hydrogen-bond acceptors (Lipinski definition) is 4. The Labute approximate surface area is 214 Å². The summed E-state index contributed by atoms with van der Waals surface area (Å²) in [6.07, 6.45) is 6.32. The molecule has 4 atom stereocenters. The highest BCUT2D eigenvalue weighted by Gasteiger charge is 2.59. The molecular weight excluding hydrogens is 446 g/mol. The molecule has 2 bridgehead atoms. The number of esters is 1. The van der Waals surface area contributed by atoms with Gasteiger partial charge in [0.05, 0.1) is 12.8 Å². The fourth-order valence-electron chi connectivity index (χ4n) is 7.97. The van der Waals surface area contributed by atoms with Crippen molar-refractivity contribution in [2.45, 2.75) is 66.2 Å². The number of nitrogens with one attached hydrogen (secondary N) is 1. The summed E-state index contributed by atoms with van der Waals surface area (Å²) in [5.74, 6) is -0.149. The minimum atomic E-state index is -0.532. The molecule has 2 aromatic rings. The lowest BCUT2D eigenvalue weighted by atomic mass is 9.63. The van der Waals surface area contributed by atoms with E-state index < -0.39 is 11.3 Å². The number of anilines is 1. The van der Waals surface area contributed by atoms with E-state index in [9.17, 15) is 9.59 Å². The zero-order valence-corrected chi connectivity index (χ0v) is 22.3. The molecule has 2 fully saturated rings. The molecule has 4 aliphatic rings. The number of ether oxygens (including phenoxy) is 1. The smallest absolute Gasteiger partial charge is 0.315 e. The Hall–Kier alpha value is -2.88. The number of allylic oxidation sites excluding steroid dienone is 3. The Morgan fingerprint density at radius 3 is 2.50 bits per heavy atom. The molecule has 0 radical (unpaired) electrons. The van der Waals surface area contributed by atoms with Crippen molar-refractivity contribution in [1.29, 1.82) is 0 Å². The second kappa shape index (κ2) is 7.57. The average molecular weight is 484 g/mol. The molecule has 4 nitrogen and oxygen atoms in total. The largest absolute Gasteiger partial charge is 0.468 e. The summed E-state index contributed by atoms with van der Waals surface area (Å²) in [7, 11) is 1.44. The molecule has 0 saturated heterocycles. The Kier molecular flexibility index (Phi) is 4.94. The topological polar surface area (TPSA) is 55.4 Å². The minimum Gasteiger partial charge on any atom is -0.468 e. The number of hydrogen-bond donors (Lipinski definition) is 1. The van der Waals surface area contributed by atoms with Crippen molar-refractivity contribution in [3.63, 3.8) is 0 Å². The van der Waals surface area contributed by atoms with Crippen molar-refractivity contribution in [3.05, 3.63) is 64.9 Å². The third kappa shape index (κ3) is 2.99. The lowest BCUT2D eigenvalue weighted by Crippen LogP contribution is -2.44. The number of rotatable bonds is 2. The van der Waals surface area contributed by atoms with Crippen molar-refractivity contribution >= 4 is 28.2 Å². The molecule has 2 saturated carbocycles. The normalized spacial score (nSPS) is 32.9. The fraction of sp³-hybridized carbons (Fsp3) is 0.500. The van der Waals surface area contributed by atoms with Gasteiger partial charge in [0, 0.05) is 29.0 Å². The summed E-state index contributed by atoms with van der Waals surface area (Å²) in [4.78, 5) is 27.0. The Morgan fingerprint density at radius 2 is 1.83 bits per heavy atom. The van der Waals surface area contributed by atoms with Gasteiger partial charge in [-0.25, -0.2) is 0 Å². The standard InChI is InChI=1S/C32H37NO3/c1-30(2)17-24(34)25-23(16-20-15-19-13-14-32(20,5)31(19,3)4)22-12-11-18-9-7-8-10-21(18)27(22)33-28(25)26(30)29(35)36-6/h7-12,16,19,23,26,33H,13-15,17H2,1-6H3/t19-,23+,26-,32+/m0/s1. The van der Waals surface area contributed by atoms with Crippen molar-refractivity contribution < 1.29 is 14.3 Å². The Balaban J connectivity index is 1.61. The summed E-state index contributed by atoms with van der Waals surface area (Å²) >= 11 is 0. The second-order valence-electron chi connectivity index (χ2n) is 12.9. The molecule has 6 rings (SSSR count). The van der Waals surface area contributed by atoms with Crippen LogP contribution in [-0.4, -0.2) is 18.9 Å². The van der Waals surface area contributed by atoms with E-state index in [1.54, 1.807) is 0 Å². The number of ketones is 1. The molecule has 2 aromatic carbocycles. The first-order chi connectivity index (χ1) is 17.0. The van der Waals surface area contributed by atoms with Crippen LogP contribution in [0.25, 0.3) is 10.8 Å². The number of fused-ring (bicyclic) bond motifs is 5. The highest BCUT2D eigenvalue weighted by Crippen LogP contribution is 2.68. The van der Waals surface area contributed by atoms with E-state index in [1.807, 2.05) is 19.9 Å². The van der Waals surface area contributed by atoms with Crippen LogP contribution < -0.4 is 5.32 Å². The quantitative estimate of drug-likeness (QED) is 0.364. The first kappa shape index (κ1) is 23.5. The van der Waals surface area contributed by atoms with E-state index in [-0.39, 0.29) is 28.5 Å². The van der Waals surface area contributed by atoms with E-state index in [0.717, 1.165) is 39.7 Å². The maximum Gasteiger partial charge on any atom is 0.315 e. The van der Waals surface area contributed by atoms with Gasteiger partial charge >= 0.3 is 5.97 Å². The first-order valence-corrected chi connectivity index (χ1v) is 13.3. The van der Waals surface area contributed by atoms with Crippen LogP contribution in [0.15, 0.2) is 59.3 Å². The average Bonchev–Trinajstić information content (AvgIpc) is 3.16. The van der Waals surface area contributed by atoms with Crippen LogP contribution in [0.5, 0.6) is 0 Å². The highest BCUT2D eigenvalue weighted by atomic mass is 16.5. The van der Waals surface area contributed by atoms with Crippen LogP contribution in [-0.2, 0) is 14.3 Å². The van der Waals surface area contributed by atoms with Crippen molar-refractivity contribution in [2.75, 3.05) is 12.4 Å². The molecule has 1 aliphatic heterocycles. The zero-order chi connectivity index (χ0) is 25.6. The lowest BCUT2D eigenvalue weighted by Gasteiger charge is -2.44. The van der Waals surface area contributed by atoms with Crippen LogP contribution in [0, 0.1) is 28.1 Å². The molecule has 0 aromatic heterocycles. The third-order valence-corrected chi connectivity index (χ3v) is 10.6. The zero-order valence-electron chi connectivity index (χ0n) is 22.3. The summed E-state index contributed by atoms with van der Waals surface area (Å²) in [5, 5.41) is 5.89. The summed E-state index contributed by atoms with van der Waals surface area (Å²) in [5.41, 5.74) is 4.97. The van der Waals surface area contributed by atoms with Gasteiger partial charge in [-0.1, -0.05) is 82.7 Å². The van der Waals surface area contributed by atoms with Gasteiger partial charge in [0.25, 0.3) is 0 Å². The SMILES string of the molecule is COC(=O)[C@@H]1C2=C(C(=O)CC1(C)C)[C@H](C=C1C[C@@H]3CC[C@@]1(C)C3(C)C)c1ccc3ccccc3c1N2. The lowest BCUT2D eigenvalue weighted by molar-refractivity contribution is -0.148. The number of carbonyl (C=O) groups is 2. The van der Waals surface area contributed by atoms with Crippen LogP contribution >= 0.6 is 0 Å². The van der Waals surface area contributed by atoms with E-state index in [0.29, 0.717) is 12.3 Å². The molecule has 4 heteroatoms. The maximum absolute atomic E-state index is 13.8. The van der Waals surface area contributed by atoms with Gasteiger partial charge in [-0.2, -0.15) is 0 Å². The van der Waals surface area contributed by atoms with Gasteiger partial charge in [0.1, 0.15) is 5.92 Å². The van der Waals surface area contributed by atoms with Crippen molar-refractivity contribution in [2.24, 2.45) is 28.1 Å². The predicted octanol–water partition coefficient (Wildman–Crippen LogP) is 7.16. The molecule has 1 N–H and O–H groups in total. The Bertz CT molecular complexity index is 1380. The van der Waals surface area contributed by atoms with Gasteiger partial charge in [-0.3, -0.25) is 9.59 Å². The van der Waals surface area contributed by atoms with Crippen LogP contribution in [0.2, 0.25) is 0 Å². The van der Waals surface area contributed by atoms with E-state index in [1.165, 1.54) is 25.5 Å².